The normalized spacial score (nSPS) is 27.7. The Morgan fingerprint density at radius 1 is 1.33 bits per heavy atom. The summed E-state index contributed by atoms with van der Waals surface area (Å²) >= 11 is 0. The second kappa shape index (κ2) is 5.66. The Bertz CT molecular complexity index is 399. The van der Waals surface area contributed by atoms with Crippen molar-refractivity contribution in [1.82, 2.24) is 0 Å². The van der Waals surface area contributed by atoms with E-state index in [-0.39, 0.29) is 5.78 Å². The first-order valence-corrected chi connectivity index (χ1v) is 6.93. The first-order valence-electron chi connectivity index (χ1n) is 6.93. The van der Waals surface area contributed by atoms with Gasteiger partial charge in [-0.3, -0.25) is 4.79 Å². The van der Waals surface area contributed by atoms with Crippen LogP contribution >= 0.6 is 0 Å². The third-order valence-corrected chi connectivity index (χ3v) is 3.93. The molecule has 98 valence electrons. The summed E-state index contributed by atoms with van der Waals surface area (Å²) in [5.74, 6) is 0.360. The van der Waals surface area contributed by atoms with Gasteiger partial charge in [0, 0.05) is 6.42 Å². The Hall–Kier alpha value is -1.15. The summed E-state index contributed by atoms with van der Waals surface area (Å²) in [5.41, 5.74) is 0.227. The van der Waals surface area contributed by atoms with Crippen LogP contribution in [0, 0.1) is 5.92 Å². The van der Waals surface area contributed by atoms with Gasteiger partial charge in [0.2, 0.25) is 0 Å². The molecule has 1 N–H and O–H groups in total. The average Bonchev–Trinajstić information content (AvgIpc) is 2.64. The van der Waals surface area contributed by atoms with Crippen LogP contribution < -0.4 is 0 Å². The SMILES string of the molecule is CCCCC1(O)CC(Cc2ccccc2)CC1=O. The fourth-order valence-electron chi connectivity index (χ4n) is 2.92. The molecule has 0 saturated heterocycles. The number of rotatable bonds is 5. The lowest BCUT2D eigenvalue weighted by atomic mass is 9.91. The molecule has 0 heterocycles. The van der Waals surface area contributed by atoms with Crippen LogP contribution in [0.15, 0.2) is 30.3 Å². The second-order valence-electron chi connectivity index (χ2n) is 5.52. The van der Waals surface area contributed by atoms with Gasteiger partial charge >= 0.3 is 0 Å². The Labute approximate surface area is 109 Å². The molecule has 0 aromatic heterocycles. The molecule has 18 heavy (non-hydrogen) atoms. The minimum atomic E-state index is -1.03. The van der Waals surface area contributed by atoms with Crippen LogP contribution in [0.2, 0.25) is 0 Å². The summed E-state index contributed by atoms with van der Waals surface area (Å²) < 4.78 is 0. The molecule has 1 aliphatic carbocycles. The van der Waals surface area contributed by atoms with Crippen LogP contribution in [0.3, 0.4) is 0 Å². The van der Waals surface area contributed by atoms with Crippen LogP contribution in [0.4, 0.5) is 0 Å². The maximum atomic E-state index is 12.0. The van der Waals surface area contributed by atoms with E-state index in [0.717, 1.165) is 19.3 Å². The lowest BCUT2D eigenvalue weighted by Crippen LogP contribution is -2.33. The molecule has 2 rings (SSSR count). The summed E-state index contributed by atoms with van der Waals surface area (Å²) in [7, 11) is 0. The first-order chi connectivity index (χ1) is 8.64. The largest absolute Gasteiger partial charge is 0.382 e. The molecule has 1 aromatic rings. The molecule has 2 heteroatoms. The molecular formula is C16H22O2. The van der Waals surface area contributed by atoms with Crippen molar-refractivity contribution in [2.45, 2.75) is 51.0 Å². The highest BCUT2D eigenvalue weighted by Crippen LogP contribution is 2.36. The van der Waals surface area contributed by atoms with Gasteiger partial charge in [-0.05, 0) is 30.7 Å². The van der Waals surface area contributed by atoms with Gasteiger partial charge in [0.1, 0.15) is 5.60 Å². The number of carbonyl (C=O) groups excluding carboxylic acids is 1. The molecule has 0 radical (unpaired) electrons. The molecule has 1 fully saturated rings. The van der Waals surface area contributed by atoms with Crippen molar-refractivity contribution in [3.63, 3.8) is 0 Å². The maximum absolute atomic E-state index is 12.0. The maximum Gasteiger partial charge on any atom is 0.164 e. The van der Waals surface area contributed by atoms with Gasteiger partial charge in [-0.2, -0.15) is 0 Å². The predicted octanol–water partition coefficient (Wildman–Crippen LogP) is 3.13. The Morgan fingerprint density at radius 3 is 2.72 bits per heavy atom. The van der Waals surface area contributed by atoms with Crippen LogP contribution in [0.1, 0.15) is 44.6 Å². The molecular weight excluding hydrogens is 224 g/mol. The second-order valence-corrected chi connectivity index (χ2v) is 5.52. The molecule has 0 amide bonds. The van der Waals surface area contributed by atoms with Crippen LogP contribution in [-0.4, -0.2) is 16.5 Å². The number of hydrogen-bond acceptors (Lipinski definition) is 2. The van der Waals surface area contributed by atoms with Crippen LogP contribution in [-0.2, 0) is 11.2 Å². The van der Waals surface area contributed by atoms with Crippen molar-refractivity contribution in [3.8, 4) is 0 Å². The van der Waals surface area contributed by atoms with E-state index in [1.54, 1.807) is 0 Å². The molecule has 1 aliphatic rings. The number of benzene rings is 1. The van der Waals surface area contributed by atoms with Gasteiger partial charge in [0.15, 0.2) is 5.78 Å². The van der Waals surface area contributed by atoms with Crippen molar-refractivity contribution in [1.29, 1.82) is 0 Å². The van der Waals surface area contributed by atoms with Crippen LogP contribution in [0.5, 0.6) is 0 Å². The van der Waals surface area contributed by atoms with E-state index in [1.165, 1.54) is 5.56 Å². The van der Waals surface area contributed by atoms with E-state index in [9.17, 15) is 9.90 Å². The number of ketones is 1. The van der Waals surface area contributed by atoms with Gasteiger partial charge in [-0.1, -0.05) is 50.1 Å². The number of aliphatic hydroxyl groups is 1. The van der Waals surface area contributed by atoms with Crippen molar-refractivity contribution < 1.29 is 9.90 Å². The van der Waals surface area contributed by atoms with E-state index >= 15 is 0 Å². The lowest BCUT2D eigenvalue weighted by Gasteiger charge is -2.20. The Balaban J connectivity index is 1.96. The monoisotopic (exact) mass is 246 g/mol. The molecule has 1 saturated carbocycles. The lowest BCUT2D eigenvalue weighted by molar-refractivity contribution is -0.134. The summed E-state index contributed by atoms with van der Waals surface area (Å²) in [4.78, 5) is 12.0. The molecule has 0 aliphatic heterocycles. The number of Topliss-reactive ketones (excluding diaryl/α,β-unsaturated/α-hetero) is 1. The fourth-order valence-corrected chi connectivity index (χ4v) is 2.92. The first kappa shape index (κ1) is 13.3. The van der Waals surface area contributed by atoms with E-state index < -0.39 is 5.60 Å². The topological polar surface area (TPSA) is 37.3 Å². The summed E-state index contributed by atoms with van der Waals surface area (Å²) in [6.07, 6.45) is 4.67. The zero-order valence-electron chi connectivity index (χ0n) is 11.1. The number of carbonyl (C=O) groups is 1. The quantitative estimate of drug-likeness (QED) is 0.866. The smallest absolute Gasteiger partial charge is 0.164 e. The molecule has 2 unspecified atom stereocenters. The molecule has 0 bridgehead atoms. The standard InChI is InChI=1S/C16H22O2/c1-2-3-9-16(18)12-14(11-15(16)17)10-13-7-5-4-6-8-13/h4-8,14,18H,2-3,9-12H2,1H3. The van der Waals surface area contributed by atoms with Crippen LogP contribution in [0.25, 0.3) is 0 Å². The summed E-state index contributed by atoms with van der Waals surface area (Å²) in [6, 6.07) is 10.2. The summed E-state index contributed by atoms with van der Waals surface area (Å²) in [6.45, 7) is 2.09. The van der Waals surface area contributed by atoms with E-state index in [4.69, 9.17) is 0 Å². The van der Waals surface area contributed by atoms with Gasteiger partial charge < -0.3 is 5.11 Å². The highest BCUT2D eigenvalue weighted by molar-refractivity contribution is 5.89. The Morgan fingerprint density at radius 2 is 2.06 bits per heavy atom. The van der Waals surface area contributed by atoms with E-state index in [0.29, 0.717) is 25.2 Å². The molecule has 2 atom stereocenters. The zero-order valence-corrected chi connectivity index (χ0v) is 11.1. The third-order valence-electron chi connectivity index (χ3n) is 3.93. The predicted molar refractivity (Wildman–Crippen MR) is 72.4 cm³/mol. The number of unbranched alkanes of at least 4 members (excludes halogenated alkanes) is 1. The van der Waals surface area contributed by atoms with Crippen molar-refractivity contribution in [2.24, 2.45) is 5.92 Å². The zero-order chi connectivity index (χ0) is 13.0. The van der Waals surface area contributed by atoms with Gasteiger partial charge in [0.25, 0.3) is 0 Å². The fraction of sp³-hybridized carbons (Fsp3) is 0.562. The van der Waals surface area contributed by atoms with Gasteiger partial charge in [-0.15, -0.1) is 0 Å². The average molecular weight is 246 g/mol. The summed E-state index contributed by atoms with van der Waals surface area (Å²) in [5, 5.41) is 10.4. The molecule has 1 aromatic carbocycles. The highest BCUT2D eigenvalue weighted by Gasteiger charge is 2.44. The van der Waals surface area contributed by atoms with Crippen molar-refractivity contribution in [2.75, 3.05) is 0 Å². The van der Waals surface area contributed by atoms with E-state index in [1.807, 2.05) is 18.2 Å². The minimum absolute atomic E-state index is 0.0527. The van der Waals surface area contributed by atoms with Crippen molar-refractivity contribution >= 4 is 5.78 Å². The van der Waals surface area contributed by atoms with E-state index in [2.05, 4.69) is 19.1 Å². The molecule has 0 spiro atoms. The Kier molecular flexibility index (Phi) is 4.18. The van der Waals surface area contributed by atoms with Gasteiger partial charge in [0.05, 0.1) is 0 Å². The molecule has 2 nitrogen and oxygen atoms in total. The van der Waals surface area contributed by atoms with Crippen molar-refractivity contribution in [3.05, 3.63) is 35.9 Å². The highest BCUT2D eigenvalue weighted by atomic mass is 16.3. The third kappa shape index (κ3) is 2.99. The number of hydrogen-bond donors (Lipinski definition) is 1. The minimum Gasteiger partial charge on any atom is -0.382 e. The van der Waals surface area contributed by atoms with Gasteiger partial charge in [-0.25, -0.2) is 0 Å².